The van der Waals surface area contributed by atoms with Gasteiger partial charge in [0.1, 0.15) is 11.6 Å². The van der Waals surface area contributed by atoms with Crippen molar-refractivity contribution in [3.63, 3.8) is 0 Å². The van der Waals surface area contributed by atoms with Gasteiger partial charge in [0.05, 0.1) is 24.1 Å². The van der Waals surface area contributed by atoms with Crippen molar-refractivity contribution in [2.75, 3.05) is 5.32 Å². The summed E-state index contributed by atoms with van der Waals surface area (Å²) < 4.78 is 1.09. The summed E-state index contributed by atoms with van der Waals surface area (Å²) in [6.45, 7) is 8.63. The Morgan fingerprint density at radius 3 is 2.80 bits per heavy atom. The monoisotopic (exact) mass is 432 g/mol. The molecule has 5 rings (SSSR count). The summed E-state index contributed by atoms with van der Waals surface area (Å²) in [4.78, 5) is 25.0. The summed E-state index contributed by atoms with van der Waals surface area (Å²) in [6.07, 6.45) is 7.26. The molecule has 2 heterocycles. The first-order valence-corrected chi connectivity index (χ1v) is 10.9. The van der Waals surface area contributed by atoms with E-state index >= 15 is 0 Å². The lowest BCUT2D eigenvalue weighted by atomic mass is 9.45. The highest BCUT2D eigenvalue weighted by atomic mass is 35.5. The Hall–Kier alpha value is -2.35. The second-order valence-corrected chi connectivity index (χ2v) is 9.74. The van der Waals surface area contributed by atoms with E-state index in [1.54, 1.807) is 18.6 Å². The maximum atomic E-state index is 12.7. The lowest BCUT2D eigenvalue weighted by Crippen LogP contribution is -2.58. The normalized spacial score (nSPS) is 27.8. The number of carbonyl (C=O) groups is 1. The molecule has 2 aromatic heterocycles. The van der Waals surface area contributed by atoms with Gasteiger partial charge in [0, 0.05) is 17.8 Å². The van der Waals surface area contributed by atoms with Crippen LogP contribution in [0, 0.1) is 23.2 Å². The summed E-state index contributed by atoms with van der Waals surface area (Å²) in [5, 5.41) is 17.1. The van der Waals surface area contributed by atoms with Crippen molar-refractivity contribution in [2.45, 2.75) is 59.2 Å². The third-order valence-electron chi connectivity index (χ3n) is 7.37. The number of nitrogens with zero attached hydrogens (tertiary/aromatic N) is 3. The van der Waals surface area contributed by atoms with Gasteiger partial charge in [-0.25, -0.2) is 4.68 Å². The number of nitrogens with one attached hydrogen (secondary N) is 3. The number of aromatic amines is 1. The number of carbonyl (C=O) groups excluding carboxylic acids is 1. The van der Waals surface area contributed by atoms with Crippen LogP contribution in [0.25, 0.3) is 0 Å². The maximum absolute atomic E-state index is 12.7. The Bertz CT molecular complexity index is 986. The molecule has 0 radical (unpaired) electrons. The van der Waals surface area contributed by atoms with E-state index in [9.17, 15) is 9.59 Å². The molecular weight excluding hydrogens is 404 g/mol. The molecule has 0 saturated heterocycles. The molecule has 5 atom stereocenters. The molecule has 0 aromatic carbocycles. The van der Waals surface area contributed by atoms with E-state index < -0.39 is 5.56 Å². The zero-order valence-electron chi connectivity index (χ0n) is 17.8. The van der Waals surface area contributed by atoms with Crippen LogP contribution in [0.3, 0.4) is 0 Å². The SMILES string of the molecule is CC(NC(=O)Cn1ncc(N[C@@H]2C[C@H]3C[C@@H]([C@H]2C)C3(C)C)c(Cl)c1=O)c1cn[nH]c1. The van der Waals surface area contributed by atoms with Crippen molar-refractivity contribution in [1.29, 1.82) is 0 Å². The smallest absolute Gasteiger partial charge is 0.288 e. The van der Waals surface area contributed by atoms with Gasteiger partial charge in [-0.15, -0.1) is 0 Å². The minimum Gasteiger partial charge on any atom is -0.379 e. The van der Waals surface area contributed by atoms with Crippen LogP contribution in [0.5, 0.6) is 0 Å². The number of halogens is 1. The van der Waals surface area contributed by atoms with Gasteiger partial charge in [0.25, 0.3) is 5.56 Å². The molecule has 3 saturated carbocycles. The summed E-state index contributed by atoms with van der Waals surface area (Å²) in [7, 11) is 0. The molecule has 8 nitrogen and oxygen atoms in total. The van der Waals surface area contributed by atoms with Gasteiger partial charge in [0.2, 0.25) is 5.91 Å². The van der Waals surface area contributed by atoms with Crippen molar-refractivity contribution < 1.29 is 4.79 Å². The van der Waals surface area contributed by atoms with Gasteiger partial charge in [-0.2, -0.15) is 10.2 Å². The average molecular weight is 433 g/mol. The van der Waals surface area contributed by atoms with Crippen molar-refractivity contribution in [3.8, 4) is 0 Å². The first-order valence-electron chi connectivity index (χ1n) is 10.5. The Kier molecular flexibility index (Phi) is 5.38. The van der Waals surface area contributed by atoms with E-state index in [0.29, 0.717) is 28.9 Å². The van der Waals surface area contributed by atoms with Crippen LogP contribution in [0.4, 0.5) is 5.69 Å². The summed E-state index contributed by atoms with van der Waals surface area (Å²) in [6, 6.07) is 0.0438. The van der Waals surface area contributed by atoms with Gasteiger partial charge in [-0.1, -0.05) is 32.4 Å². The largest absolute Gasteiger partial charge is 0.379 e. The van der Waals surface area contributed by atoms with Crippen LogP contribution in [0.15, 0.2) is 23.4 Å². The molecule has 3 aliphatic rings. The third kappa shape index (κ3) is 3.62. The summed E-state index contributed by atoms with van der Waals surface area (Å²) in [5.41, 5.74) is 1.32. The molecule has 0 spiro atoms. The van der Waals surface area contributed by atoms with Crippen LogP contribution in [-0.4, -0.2) is 31.9 Å². The number of H-pyrrole nitrogens is 1. The average Bonchev–Trinajstić information content (AvgIpc) is 3.23. The highest BCUT2D eigenvalue weighted by molar-refractivity contribution is 6.32. The quantitative estimate of drug-likeness (QED) is 0.650. The maximum Gasteiger partial charge on any atom is 0.288 e. The minimum absolute atomic E-state index is 0.0754. The molecule has 1 unspecified atom stereocenters. The molecular formula is C21H29ClN6O2. The Morgan fingerprint density at radius 2 is 2.17 bits per heavy atom. The molecule has 30 heavy (non-hydrogen) atoms. The van der Waals surface area contributed by atoms with Crippen molar-refractivity contribution >= 4 is 23.2 Å². The van der Waals surface area contributed by atoms with E-state index in [1.165, 1.54) is 6.42 Å². The molecule has 9 heteroatoms. The van der Waals surface area contributed by atoms with Gasteiger partial charge < -0.3 is 10.6 Å². The highest BCUT2D eigenvalue weighted by Gasteiger charge is 2.56. The highest BCUT2D eigenvalue weighted by Crippen LogP contribution is 2.61. The van der Waals surface area contributed by atoms with E-state index in [1.807, 2.05) is 6.92 Å². The molecule has 2 aromatic rings. The van der Waals surface area contributed by atoms with Crippen LogP contribution in [0.2, 0.25) is 5.02 Å². The predicted molar refractivity (Wildman–Crippen MR) is 115 cm³/mol. The second-order valence-electron chi connectivity index (χ2n) is 9.36. The fraction of sp³-hybridized carbons (Fsp3) is 0.619. The van der Waals surface area contributed by atoms with Crippen LogP contribution < -0.4 is 16.2 Å². The summed E-state index contributed by atoms with van der Waals surface area (Å²) >= 11 is 6.36. The predicted octanol–water partition coefficient (Wildman–Crippen LogP) is 2.98. The van der Waals surface area contributed by atoms with Crippen LogP contribution in [-0.2, 0) is 11.3 Å². The fourth-order valence-electron chi connectivity index (χ4n) is 5.22. The Balaban J connectivity index is 1.41. The number of fused-ring (bicyclic) bond motifs is 2. The standard InChI is InChI=1S/C21H29ClN6O2/c1-11-15-5-14(21(15,3)4)6-16(11)27-17-9-25-28(20(30)19(17)22)10-18(29)26-12(2)13-7-23-24-8-13/h7-9,11-12,14-16,27H,5-6,10H2,1-4H3,(H,23,24)(H,26,29)/t11-,12?,14-,15+,16-/m1/s1. The van der Waals surface area contributed by atoms with Crippen LogP contribution in [0.1, 0.15) is 52.1 Å². The van der Waals surface area contributed by atoms with E-state index in [0.717, 1.165) is 16.7 Å². The number of rotatable bonds is 6. The van der Waals surface area contributed by atoms with Crippen molar-refractivity contribution in [1.82, 2.24) is 25.3 Å². The van der Waals surface area contributed by atoms with Gasteiger partial charge >= 0.3 is 0 Å². The van der Waals surface area contributed by atoms with Gasteiger partial charge in [-0.05, 0) is 42.9 Å². The number of amides is 1. The van der Waals surface area contributed by atoms with E-state index in [2.05, 4.69) is 46.7 Å². The second kappa shape index (κ2) is 7.72. The molecule has 3 N–H and O–H groups in total. The number of anilines is 1. The Morgan fingerprint density at radius 1 is 1.40 bits per heavy atom. The van der Waals surface area contributed by atoms with Crippen LogP contribution >= 0.6 is 11.6 Å². The van der Waals surface area contributed by atoms with Gasteiger partial charge in [0.15, 0.2) is 0 Å². The summed E-state index contributed by atoms with van der Waals surface area (Å²) in [5.74, 6) is 1.56. The molecule has 3 fully saturated rings. The molecule has 0 aliphatic heterocycles. The molecule has 2 bridgehead atoms. The van der Waals surface area contributed by atoms with E-state index in [-0.39, 0.29) is 29.6 Å². The lowest BCUT2D eigenvalue weighted by Gasteiger charge is -2.62. The van der Waals surface area contributed by atoms with Crippen molar-refractivity contribution in [3.05, 3.63) is 39.5 Å². The molecule has 3 aliphatic carbocycles. The molecule has 1 amide bonds. The zero-order chi connectivity index (χ0) is 21.6. The number of hydrogen-bond acceptors (Lipinski definition) is 5. The first-order chi connectivity index (χ1) is 14.2. The zero-order valence-corrected chi connectivity index (χ0v) is 18.5. The minimum atomic E-state index is -0.471. The third-order valence-corrected chi connectivity index (χ3v) is 7.74. The molecule has 162 valence electrons. The first kappa shape index (κ1) is 20.9. The lowest BCUT2D eigenvalue weighted by molar-refractivity contribution is -0.122. The Labute approximate surface area is 180 Å². The topological polar surface area (TPSA) is 105 Å². The number of aromatic nitrogens is 4. The van der Waals surface area contributed by atoms with Gasteiger partial charge in [-0.3, -0.25) is 14.7 Å². The fourth-order valence-corrected chi connectivity index (χ4v) is 5.42. The van der Waals surface area contributed by atoms with E-state index in [4.69, 9.17) is 11.6 Å². The van der Waals surface area contributed by atoms with Crippen molar-refractivity contribution in [2.24, 2.45) is 23.2 Å². The number of hydrogen-bond donors (Lipinski definition) is 3.